The van der Waals surface area contributed by atoms with Gasteiger partial charge in [-0.25, -0.2) is 0 Å². The maximum absolute atomic E-state index is 0. The van der Waals surface area contributed by atoms with Crippen LogP contribution in [0.25, 0.3) is 0 Å². The van der Waals surface area contributed by atoms with Gasteiger partial charge in [-0.05, 0) is 0 Å². The van der Waals surface area contributed by atoms with E-state index in [4.69, 9.17) is 0 Å². The first kappa shape index (κ1) is 824. The molecule has 0 aliphatic rings. The Hall–Kier alpha value is 42.1. The Morgan fingerprint density at radius 1 is 0.0139 bits per heavy atom. The van der Waals surface area contributed by atoms with Gasteiger partial charge in [-0.1, -0.05) is 0 Å². The Bertz CT molecular complexity index is 0. The minimum absolute atomic E-state index is 0. The standard InChI is InChI=1S/72V. The molecule has 0 aromatic heterocycles. The molecule has 0 rings (SSSR count). The third-order valence-corrected chi connectivity index (χ3v) is 0. The molecule has 0 heterocycles. The molecule has 360 valence electrons. The van der Waals surface area contributed by atoms with Crippen molar-refractivity contribution in [1.29, 1.82) is 0 Å². The Balaban J connectivity index is 0. The van der Waals surface area contributed by atoms with Crippen molar-refractivity contribution in [1.82, 2.24) is 0 Å². The fourth-order valence-electron chi connectivity index (χ4n) is 0. The van der Waals surface area contributed by atoms with Crippen LogP contribution in [0.4, 0.5) is 0 Å². The van der Waals surface area contributed by atoms with Gasteiger partial charge in [-0.2, -0.15) is 0 Å². The molecule has 0 amide bonds. The summed E-state index contributed by atoms with van der Waals surface area (Å²) in [5, 5.41) is 0. The van der Waals surface area contributed by atoms with E-state index in [2.05, 4.69) is 0 Å². The summed E-state index contributed by atoms with van der Waals surface area (Å²) in [6.07, 6.45) is 0. The van der Waals surface area contributed by atoms with E-state index >= 15 is 0 Å². The summed E-state index contributed by atoms with van der Waals surface area (Å²) in [5.41, 5.74) is 0. The van der Waals surface area contributed by atoms with Crippen LogP contribution in [-0.2, 0) is 1340 Å². The average molecular weight is 3670 g/mol. The minimum Gasteiger partial charge on any atom is 0 e. The first-order valence-electron chi connectivity index (χ1n) is 0. The van der Waals surface area contributed by atoms with Crippen LogP contribution in [-0.4, -0.2) is 0 Å². The van der Waals surface area contributed by atoms with Gasteiger partial charge in [0.25, 0.3) is 0 Å². The quantitative estimate of drug-likeness (QED) is 0.317. The molecule has 0 nitrogen and oxygen atoms in total. The molecule has 0 unspecified atom stereocenters. The normalized spacial score (nSPS) is 0. The second-order valence-corrected chi connectivity index (χ2v) is 0. The van der Waals surface area contributed by atoms with E-state index < -0.39 is 0 Å². The van der Waals surface area contributed by atoms with Crippen molar-refractivity contribution >= 4 is 0 Å². The van der Waals surface area contributed by atoms with Crippen LogP contribution in [0.2, 0.25) is 0 Å². The van der Waals surface area contributed by atoms with Crippen LogP contribution in [0.1, 0.15) is 0 Å². The SMILES string of the molecule is [V].[V].[V].[V].[V].[V].[V].[V].[V].[V].[V].[V].[V].[V].[V].[V].[V].[V].[V].[V].[V].[V].[V].[V].[V].[V].[V].[V].[V].[V].[V].[V].[V].[V].[V].[V].[V].[V].[V].[V].[V].[V].[V].[V].[V].[V].[V].[V].[V].[V].[V].[V].[V].[V].[V].[V].[V].[V].[V].[V].[V].[V].[V].[V].[V].[V].[V].[V].[V].[V].[V].[V]. The molecular weight excluding hydrogens is 3670 g/mol. The van der Waals surface area contributed by atoms with Gasteiger partial charge in [0.1, 0.15) is 0 Å². The van der Waals surface area contributed by atoms with Gasteiger partial charge in [-0.3, -0.25) is 0 Å². The first-order valence-corrected chi connectivity index (χ1v) is 0. The fourth-order valence-corrected chi connectivity index (χ4v) is 0. The van der Waals surface area contributed by atoms with E-state index in [1.54, 1.807) is 0 Å². The zero-order valence-electron chi connectivity index (χ0n) is 32.2. The summed E-state index contributed by atoms with van der Waals surface area (Å²) < 4.78 is 0. The van der Waals surface area contributed by atoms with Crippen LogP contribution in [0.15, 0.2) is 0 Å². The number of rotatable bonds is 0. The summed E-state index contributed by atoms with van der Waals surface area (Å²) >= 11 is 0. The zero-order valence-corrected chi connectivity index (χ0v) is 133. The van der Waals surface area contributed by atoms with Crippen LogP contribution in [0.3, 0.4) is 0 Å². The van der Waals surface area contributed by atoms with Gasteiger partial charge < -0.3 is 0 Å². The summed E-state index contributed by atoms with van der Waals surface area (Å²) in [6, 6.07) is 0. The molecule has 0 atom stereocenters. The summed E-state index contributed by atoms with van der Waals surface area (Å²) in [5.74, 6) is 0. The van der Waals surface area contributed by atoms with Crippen LogP contribution in [0, 0.1) is 0 Å². The zero-order chi connectivity index (χ0) is 0. The van der Waals surface area contributed by atoms with Gasteiger partial charge in [0, 0.05) is 1340 Å². The maximum Gasteiger partial charge on any atom is 0 e. The predicted molar refractivity (Wildman–Crippen MR) is 0 cm³/mol. The molecule has 0 spiro atoms. The molecule has 0 bridgehead atoms. The maximum atomic E-state index is 0. The summed E-state index contributed by atoms with van der Waals surface area (Å²) in [6.45, 7) is 0. The Morgan fingerprint density at radius 3 is 0.0139 bits per heavy atom. The number of hydrogen-bond donors (Lipinski definition) is 0. The van der Waals surface area contributed by atoms with E-state index in [1.165, 1.54) is 0 Å². The third kappa shape index (κ3) is 781. The molecule has 0 aromatic carbocycles. The van der Waals surface area contributed by atoms with Crippen molar-refractivity contribution in [3.05, 3.63) is 0 Å². The molecule has 0 aromatic rings. The second kappa shape index (κ2) is 802. The topological polar surface area (TPSA) is 0 Å². The first-order chi connectivity index (χ1) is 0. The average Bonchev–Trinajstić information content (AvgIpc) is 0. The van der Waals surface area contributed by atoms with Crippen LogP contribution in [0.5, 0.6) is 0 Å². The second-order valence-electron chi connectivity index (χ2n) is 0. The molecule has 72 radical (unpaired) electrons. The van der Waals surface area contributed by atoms with Crippen molar-refractivity contribution in [3.8, 4) is 0 Å². The smallest absolute Gasteiger partial charge is 0 e. The van der Waals surface area contributed by atoms with E-state index in [0.717, 1.165) is 0 Å². The van der Waals surface area contributed by atoms with Crippen LogP contribution >= 0.6 is 0 Å². The van der Waals surface area contributed by atoms with Gasteiger partial charge in [-0.15, -0.1) is 0 Å². The van der Waals surface area contributed by atoms with Crippen molar-refractivity contribution in [2.24, 2.45) is 0 Å². The Kier molecular flexibility index (Phi) is 9180. The van der Waals surface area contributed by atoms with Gasteiger partial charge in [0.15, 0.2) is 0 Å². The monoisotopic (exact) mass is 3670 g/mol. The van der Waals surface area contributed by atoms with Crippen molar-refractivity contribution < 1.29 is 1340 Å². The number of hydrogen-bond acceptors (Lipinski definition) is 0. The van der Waals surface area contributed by atoms with E-state index in [9.17, 15) is 0 Å². The van der Waals surface area contributed by atoms with Crippen molar-refractivity contribution in [2.45, 2.75) is 0 Å². The van der Waals surface area contributed by atoms with Gasteiger partial charge in [0.2, 0.25) is 0 Å². The molecule has 72 heteroatoms. The van der Waals surface area contributed by atoms with Crippen LogP contribution < -0.4 is 0 Å². The molecule has 0 N–H and O–H groups in total. The van der Waals surface area contributed by atoms with Gasteiger partial charge in [0.05, 0.1) is 0 Å². The predicted octanol–water partition coefficient (Wildman–Crippen LogP) is -0.180. The molecule has 0 saturated carbocycles. The molecular formula is V72. The molecule has 72 heavy (non-hydrogen) atoms. The summed E-state index contributed by atoms with van der Waals surface area (Å²) in [4.78, 5) is 0. The molecule has 0 aliphatic heterocycles. The fraction of sp³-hybridized carbons (Fsp3) is 0. The van der Waals surface area contributed by atoms with Gasteiger partial charge >= 0.3 is 0 Å². The van der Waals surface area contributed by atoms with Crippen molar-refractivity contribution in [3.63, 3.8) is 0 Å². The Morgan fingerprint density at radius 2 is 0.0139 bits per heavy atom. The summed E-state index contributed by atoms with van der Waals surface area (Å²) in [7, 11) is 0. The molecule has 0 aliphatic carbocycles. The van der Waals surface area contributed by atoms with E-state index in [0.29, 0.717) is 0 Å². The molecule has 0 saturated heterocycles. The minimum atomic E-state index is 0. The largest absolute Gasteiger partial charge is 0 e. The Labute approximate surface area is 1300 Å². The van der Waals surface area contributed by atoms with E-state index in [1.807, 2.05) is 0 Å². The van der Waals surface area contributed by atoms with Crippen molar-refractivity contribution in [2.75, 3.05) is 0 Å². The third-order valence-electron chi connectivity index (χ3n) is 0. The van der Waals surface area contributed by atoms with E-state index in [-0.39, 0.29) is 1340 Å². The molecule has 0 fully saturated rings.